The van der Waals surface area contributed by atoms with Crippen LogP contribution in [0.1, 0.15) is 12.5 Å². The number of rotatable bonds is 4. The largest absolute Gasteiger partial charge is 0.486 e. The van der Waals surface area contributed by atoms with Gasteiger partial charge in [-0.05, 0) is 13.0 Å². The third-order valence-corrected chi connectivity index (χ3v) is 2.37. The smallest absolute Gasteiger partial charge is 0.231 e. The van der Waals surface area contributed by atoms with E-state index in [1.807, 2.05) is 6.92 Å². The molecule has 0 bridgehead atoms. The lowest BCUT2D eigenvalue weighted by Gasteiger charge is -2.14. The van der Waals surface area contributed by atoms with Gasteiger partial charge in [-0.1, -0.05) is 12.7 Å². The van der Waals surface area contributed by atoms with Crippen LogP contribution in [0.4, 0.5) is 0 Å². The van der Waals surface area contributed by atoms with Crippen LogP contribution in [0.5, 0.6) is 17.2 Å². The molecule has 1 aromatic carbocycles. The maximum Gasteiger partial charge on any atom is 0.231 e. The molecule has 4 heteroatoms. The Kier molecular flexibility index (Phi) is 3.01. The van der Waals surface area contributed by atoms with Crippen LogP contribution in [0.15, 0.2) is 24.8 Å². The highest BCUT2D eigenvalue weighted by Gasteiger charge is 2.18. The van der Waals surface area contributed by atoms with Crippen LogP contribution in [0, 0.1) is 0 Å². The van der Waals surface area contributed by atoms with E-state index < -0.39 is 0 Å². The van der Waals surface area contributed by atoms with Gasteiger partial charge in [0.05, 0.1) is 6.61 Å². The van der Waals surface area contributed by atoms with Crippen molar-refractivity contribution in [1.82, 2.24) is 0 Å². The molecule has 1 unspecified atom stereocenters. The topological polar surface area (TPSA) is 47.9 Å². The van der Waals surface area contributed by atoms with E-state index in [0.717, 1.165) is 0 Å². The van der Waals surface area contributed by atoms with Crippen molar-refractivity contribution in [3.63, 3.8) is 0 Å². The summed E-state index contributed by atoms with van der Waals surface area (Å²) in [6.07, 6.45) is 1.57. The zero-order chi connectivity index (χ0) is 11.5. The van der Waals surface area contributed by atoms with Gasteiger partial charge in [-0.15, -0.1) is 0 Å². The van der Waals surface area contributed by atoms with Gasteiger partial charge in [-0.25, -0.2) is 0 Å². The second kappa shape index (κ2) is 4.45. The first-order valence-electron chi connectivity index (χ1n) is 5.07. The highest BCUT2D eigenvalue weighted by molar-refractivity contribution is 5.51. The SMILES string of the molecule is C=CC(C)Oc1cc2c(cc1CO)OCO2. The van der Waals surface area contributed by atoms with Gasteiger partial charge in [0.25, 0.3) is 0 Å². The molecule has 86 valence electrons. The predicted octanol–water partition coefficient (Wildman–Crippen LogP) is 1.86. The molecule has 0 radical (unpaired) electrons. The van der Waals surface area contributed by atoms with E-state index in [1.165, 1.54) is 0 Å². The molecule has 0 saturated heterocycles. The Bertz CT molecular complexity index is 400. The first-order valence-corrected chi connectivity index (χ1v) is 5.07. The summed E-state index contributed by atoms with van der Waals surface area (Å²) >= 11 is 0. The number of fused-ring (bicyclic) bond motifs is 1. The van der Waals surface area contributed by atoms with E-state index >= 15 is 0 Å². The minimum Gasteiger partial charge on any atom is -0.486 e. The Morgan fingerprint density at radius 1 is 1.50 bits per heavy atom. The molecule has 0 saturated carbocycles. The Labute approximate surface area is 94.1 Å². The van der Waals surface area contributed by atoms with Gasteiger partial charge in [0, 0.05) is 11.6 Å². The molecule has 1 aliphatic rings. The first kappa shape index (κ1) is 10.8. The number of ether oxygens (including phenoxy) is 3. The van der Waals surface area contributed by atoms with Crippen LogP contribution in [0.3, 0.4) is 0 Å². The molecule has 0 amide bonds. The van der Waals surface area contributed by atoms with Crippen molar-refractivity contribution in [3.05, 3.63) is 30.4 Å². The van der Waals surface area contributed by atoms with E-state index in [9.17, 15) is 5.11 Å². The van der Waals surface area contributed by atoms with Gasteiger partial charge in [0.2, 0.25) is 6.79 Å². The van der Waals surface area contributed by atoms with Crippen LogP contribution in [0.25, 0.3) is 0 Å². The maximum absolute atomic E-state index is 9.23. The second-order valence-electron chi connectivity index (χ2n) is 3.53. The first-order chi connectivity index (χ1) is 7.74. The van der Waals surface area contributed by atoms with Crippen LogP contribution < -0.4 is 14.2 Å². The minimum atomic E-state index is -0.120. The molecule has 1 atom stereocenters. The summed E-state index contributed by atoms with van der Waals surface area (Å²) in [5.74, 6) is 1.88. The van der Waals surface area contributed by atoms with E-state index in [-0.39, 0.29) is 19.5 Å². The number of aliphatic hydroxyl groups is 1. The summed E-state index contributed by atoms with van der Waals surface area (Å²) in [5, 5.41) is 9.23. The second-order valence-corrected chi connectivity index (χ2v) is 3.53. The highest BCUT2D eigenvalue weighted by Crippen LogP contribution is 2.38. The van der Waals surface area contributed by atoms with Crippen LogP contribution >= 0.6 is 0 Å². The quantitative estimate of drug-likeness (QED) is 0.790. The molecule has 2 rings (SSSR count). The normalized spacial score (nSPS) is 14.6. The number of hydrogen-bond donors (Lipinski definition) is 1. The fourth-order valence-corrected chi connectivity index (χ4v) is 1.45. The van der Waals surface area contributed by atoms with Gasteiger partial charge in [0.1, 0.15) is 11.9 Å². The predicted molar refractivity (Wildman–Crippen MR) is 58.8 cm³/mol. The average Bonchev–Trinajstić information content (AvgIpc) is 2.74. The van der Waals surface area contributed by atoms with Gasteiger partial charge in [0.15, 0.2) is 11.5 Å². The average molecular weight is 222 g/mol. The molecule has 1 heterocycles. The Hall–Kier alpha value is -1.68. The molecule has 16 heavy (non-hydrogen) atoms. The van der Waals surface area contributed by atoms with E-state index in [2.05, 4.69) is 6.58 Å². The van der Waals surface area contributed by atoms with Crippen molar-refractivity contribution in [2.24, 2.45) is 0 Å². The monoisotopic (exact) mass is 222 g/mol. The van der Waals surface area contributed by atoms with Crippen molar-refractivity contribution in [2.75, 3.05) is 6.79 Å². The fourth-order valence-electron chi connectivity index (χ4n) is 1.45. The molecule has 0 spiro atoms. The molecule has 1 N–H and O–H groups in total. The van der Waals surface area contributed by atoms with E-state index in [4.69, 9.17) is 14.2 Å². The molecular formula is C12H14O4. The van der Waals surface area contributed by atoms with Crippen molar-refractivity contribution in [2.45, 2.75) is 19.6 Å². The Morgan fingerprint density at radius 2 is 2.19 bits per heavy atom. The number of benzene rings is 1. The lowest BCUT2D eigenvalue weighted by molar-refractivity contribution is 0.173. The van der Waals surface area contributed by atoms with Gasteiger partial charge in [-0.2, -0.15) is 0 Å². The summed E-state index contributed by atoms with van der Waals surface area (Å²) in [4.78, 5) is 0. The zero-order valence-corrected chi connectivity index (χ0v) is 9.10. The highest BCUT2D eigenvalue weighted by atomic mass is 16.7. The van der Waals surface area contributed by atoms with Crippen molar-refractivity contribution in [1.29, 1.82) is 0 Å². The molecule has 1 aliphatic heterocycles. The fraction of sp³-hybridized carbons (Fsp3) is 0.333. The van der Waals surface area contributed by atoms with Gasteiger partial charge >= 0.3 is 0 Å². The summed E-state index contributed by atoms with van der Waals surface area (Å²) in [7, 11) is 0. The van der Waals surface area contributed by atoms with Gasteiger partial charge in [-0.3, -0.25) is 0 Å². The number of hydrogen-bond acceptors (Lipinski definition) is 4. The molecule has 1 aromatic rings. The zero-order valence-electron chi connectivity index (χ0n) is 9.10. The summed E-state index contributed by atoms with van der Waals surface area (Å²) < 4.78 is 16.1. The summed E-state index contributed by atoms with van der Waals surface area (Å²) in [6.45, 7) is 5.62. The van der Waals surface area contributed by atoms with E-state index in [1.54, 1.807) is 18.2 Å². The summed E-state index contributed by atoms with van der Waals surface area (Å²) in [5.41, 5.74) is 0.679. The minimum absolute atomic E-state index is 0.101. The lowest BCUT2D eigenvalue weighted by atomic mass is 10.2. The van der Waals surface area contributed by atoms with Crippen LogP contribution in [0.2, 0.25) is 0 Å². The number of aliphatic hydroxyl groups excluding tert-OH is 1. The van der Waals surface area contributed by atoms with Crippen LogP contribution in [-0.2, 0) is 6.61 Å². The standard InChI is InChI=1S/C12H14O4/c1-3-8(2)16-10-5-12-11(14-7-15-12)4-9(10)6-13/h3-5,8,13H,1,6-7H2,2H3. The maximum atomic E-state index is 9.23. The van der Waals surface area contributed by atoms with Crippen LogP contribution in [-0.4, -0.2) is 18.0 Å². The molecule has 0 aliphatic carbocycles. The van der Waals surface area contributed by atoms with Crippen molar-refractivity contribution in [3.8, 4) is 17.2 Å². The van der Waals surface area contributed by atoms with Crippen molar-refractivity contribution >= 4 is 0 Å². The van der Waals surface area contributed by atoms with Gasteiger partial charge < -0.3 is 19.3 Å². The van der Waals surface area contributed by atoms with Crippen molar-refractivity contribution < 1.29 is 19.3 Å². The Morgan fingerprint density at radius 3 is 2.81 bits per heavy atom. The van der Waals surface area contributed by atoms with E-state index in [0.29, 0.717) is 22.8 Å². The molecular weight excluding hydrogens is 208 g/mol. The molecule has 0 aromatic heterocycles. The molecule has 0 fully saturated rings. The summed E-state index contributed by atoms with van der Waals surface area (Å²) in [6, 6.07) is 3.46. The molecule has 4 nitrogen and oxygen atoms in total. The Balaban J connectivity index is 2.32. The third kappa shape index (κ3) is 1.97. The lowest BCUT2D eigenvalue weighted by Crippen LogP contribution is -2.09. The third-order valence-electron chi connectivity index (χ3n) is 2.37.